The van der Waals surface area contributed by atoms with Crippen molar-refractivity contribution in [3.05, 3.63) is 12.2 Å². The summed E-state index contributed by atoms with van der Waals surface area (Å²) in [6, 6.07) is -0.364. The highest BCUT2D eigenvalue weighted by Gasteiger charge is 2.22. The van der Waals surface area contributed by atoms with E-state index in [9.17, 15) is 14.4 Å². The third kappa shape index (κ3) is 7.99. The molecule has 0 saturated heterocycles. The van der Waals surface area contributed by atoms with Crippen molar-refractivity contribution in [2.24, 2.45) is 5.92 Å². The number of carbonyl (C=O) groups is 3. The molecule has 1 fully saturated rings. The van der Waals surface area contributed by atoms with E-state index in [1.165, 1.54) is 13.5 Å². The largest absolute Gasteiger partial charge is 0.466 e. The Morgan fingerprint density at radius 3 is 2.29 bits per heavy atom. The Bertz CT molecular complexity index is 454. The summed E-state index contributed by atoms with van der Waals surface area (Å²) in [6.07, 6.45) is 6.59. The van der Waals surface area contributed by atoms with Gasteiger partial charge in [-0.3, -0.25) is 0 Å². The molecule has 0 bridgehead atoms. The molecular weight excluding hydrogens is 314 g/mol. The van der Waals surface area contributed by atoms with Crippen LogP contribution in [0.25, 0.3) is 0 Å². The maximum atomic E-state index is 12.0. The zero-order valence-corrected chi connectivity index (χ0v) is 14.6. The predicted molar refractivity (Wildman–Crippen MR) is 87.2 cm³/mol. The number of esters is 2. The Morgan fingerprint density at radius 2 is 1.71 bits per heavy atom. The Balaban J connectivity index is 2.40. The van der Waals surface area contributed by atoms with Gasteiger partial charge < -0.3 is 19.5 Å². The maximum absolute atomic E-state index is 12.0. The van der Waals surface area contributed by atoms with Gasteiger partial charge in [0.2, 0.25) is 0 Å². The van der Waals surface area contributed by atoms with Crippen LogP contribution in [0.4, 0.5) is 4.79 Å². The molecule has 0 radical (unpaired) electrons. The second-order valence-corrected chi connectivity index (χ2v) is 6.15. The number of carbonyl (C=O) groups excluding carboxylic acids is 3. The highest BCUT2D eigenvalue weighted by Crippen LogP contribution is 2.20. The Labute approximate surface area is 142 Å². The molecule has 1 atom stereocenters. The summed E-state index contributed by atoms with van der Waals surface area (Å²) in [5.41, 5.74) is 0. The lowest BCUT2D eigenvalue weighted by Crippen LogP contribution is -2.43. The van der Waals surface area contributed by atoms with Crippen molar-refractivity contribution >= 4 is 18.0 Å². The summed E-state index contributed by atoms with van der Waals surface area (Å²) in [5, 5.41) is 2.74. The number of hydrogen-bond acceptors (Lipinski definition) is 6. The molecule has 0 aromatic carbocycles. The van der Waals surface area contributed by atoms with Crippen molar-refractivity contribution < 1.29 is 28.6 Å². The maximum Gasteiger partial charge on any atom is 0.407 e. The quantitative estimate of drug-likeness (QED) is 0.434. The predicted octanol–water partition coefficient (Wildman–Crippen LogP) is 2.34. The molecule has 1 aliphatic carbocycles. The zero-order chi connectivity index (χ0) is 17.9. The second-order valence-electron chi connectivity index (χ2n) is 6.15. The number of amides is 1. The van der Waals surface area contributed by atoms with Crippen LogP contribution in [-0.2, 0) is 23.8 Å². The molecule has 0 heterocycles. The molecule has 1 rings (SSSR count). The number of alkyl carbamates (subject to hydrolysis) is 1. The van der Waals surface area contributed by atoms with Gasteiger partial charge >= 0.3 is 18.0 Å². The van der Waals surface area contributed by atoms with Gasteiger partial charge in [0, 0.05) is 12.2 Å². The summed E-state index contributed by atoms with van der Waals surface area (Å²) >= 11 is 0. The zero-order valence-electron chi connectivity index (χ0n) is 14.6. The average molecular weight is 341 g/mol. The highest BCUT2D eigenvalue weighted by molar-refractivity contribution is 5.91. The summed E-state index contributed by atoms with van der Waals surface area (Å²) in [7, 11) is 1.22. The van der Waals surface area contributed by atoms with Crippen LogP contribution >= 0.6 is 0 Å². The SMILES string of the molecule is COC(=O)/C=C/C(=O)OC[C@@H](NC(=O)OC1CCCCC1)C(C)C. The van der Waals surface area contributed by atoms with Gasteiger partial charge in [0.25, 0.3) is 0 Å². The van der Waals surface area contributed by atoms with Gasteiger partial charge in [-0.05, 0) is 31.6 Å². The van der Waals surface area contributed by atoms with Crippen LogP contribution in [0.1, 0.15) is 46.0 Å². The molecule has 0 aromatic rings. The lowest BCUT2D eigenvalue weighted by atomic mass is 9.98. The van der Waals surface area contributed by atoms with Crippen LogP contribution in [0.2, 0.25) is 0 Å². The van der Waals surface area contributed by atoms with E-state index >= 15 is 0 Å². The molecule has 24 heavy (non-hydrogen) atoms. The first kappa shape index (κ1) is 20.0. The molecule has 1 amide bonds. The Morgan fingerprint density at radius 1 is 1.08 bits per heavy atom. The standard InChI is InChI=1S/C17H27NO6/c1-12(2)14(11-23-16(20)10-9-15(19)22-3)18-17(21)24-13-7-5-4-6-8-13/h9-10,12-14H,4-8,11H2,1-3H3,(H,18,21)/b10-9+/t14-/m1/s1. The van der Waals surface area contributed by atoms with E-state index in [-0.39, 0.29) is 24.7 Å². The normalized spacial score (nSPS) is 16.7. The fourth-order valence-electron chi connectivity index (χ4n) is 2.34. The van der Waals surface area contributed by atoms with Crippen LogP contribution < -0.4 is 5.32 Å². The van der Waals surface area contributed by atoms with Gasteiger partial charge in [0.05, 0.1) is 13.2 Å². The first-order chi connectivity index (χ1) is 11.4. The molecule has 1 N–H and O–H groups in total. The van der Waals surface area contributed by atoms with E-state index in [0.717, 1.165) is 37.8 Å². The molecule has 0 unspecified atom stereocenters. The number of ether oxygens (including phenoxy) is 3. The number of nitrogens with one attached hydrogen (secondary N) is 1. The van der Waals surface area contributed by atoms with Gasteiger partial charge in [-0.1, -0.05) is 20.3 Å². The minimum Gasteiger partial charge on any atom is -0.466 e. The lowest BCUT2D eigenvalue weighted by molar-refractivity contribution is -0.140. The molecule has 1 aliphatic rings. The van der Waals surface area contributed by atoms with Gasteiger partial charge in [-0.2, -0.15) is 0 Å². The van der Waals surface area contributed by atoms with E-state index in [1.54, 1.807) is 0 Å². The van der Waals surface area contributed by atoms with Gasteiger partial charge in [0.1, 0.15) is 12.7 Å². The topological polar surface area (TPSA) is 90.9 Å². The number of methoxy groups -OCH3 is 1. The molecule has 136 valence electrons. The van der Waals surface area contributed by atoms with Crippen molar-refractivity contribution in [3.8, 4) is 0 Å². The fourth-order valence-corrected chi connectivity index (χ4v) is 2.34. The first-order valence-electron chi connectivity index (χ1n) is 8.32. The third-order valence-electron chi connectivity index (χ3n) is 3.90. The van der Waals surface area contributed by atoms with Crippen molar-refractivity contribution in [3.63, 3.8) is 0 Å². The van der Waals surface area contributed by atoms with E-state index in [2.05, 4.69) is 10.1 Å². The lowest BCUT2D eigenvalue weighted by Gasteiger charge is -2.25. The van der Waals surface area contributed by atoms with E-state index in [1.807, 2.05) is 13.8 Å². The van der Waals surface area contributed by atoms with Gasteiger partial charge in [-0.25, -0.2) is 14.4 Å². The molecular formula is C17H27NO6. The average Bonchev–Trinajstić information content (AvgIpc) is 2.56. The minimum absolute atomic E-state index is 0.00177. The highest BCUT2D eigenvalue weighted by atomic mass is 16.6. The monoisotopic (exact) mass is 341 g/mol. The minimum atomic E-state index is -0.673. The number of hydrogen-bond donors (Lipinski definition) is 1. The molecule has 1 saturated carbocycles. The van der Waals surface area contributed by atoms with Crippen LogP contribution in [0.3, 0.4) is 0 Å². The summed E-state index contributed by atoms with van der Waals surface area (Å²) in [6.45, 7) is 3.81. The smallest absolute Gasteiger partial charge is 0.407 e. The van der Waals surface area contributed by atoms with Crippen LogP contribution in [0.5, 0.6) is 0 Å². The molecule has 0 aromatic heterocycles. The van der Waals surface area contributed by atoms with Crippen molar-refractivity contribution in [2.45, 2.75) is 58.1 Å². The van der Waals surface area contributed by atoms with Crippen molar-refractivity contribution in [1.82, 2.24) is 5.32 Å². The van der Waals surface area contributed by atoms with Crippen LogP contribution in [-0.4, -0.2) is 43.9 Å². The summed E-state index contributed by atoms with van der Waals surface area (Å²) in [5.74, 6) is -1.25. The molecule has 0 spiro atoms. The third-order valence-corrected chi connectivity index (χ3v) is 3.90. The molecule has 0 aliphatic heterocycles. The number of rotatable bonds is 7. The molecule has 7 heteroatoms. The van der Waals surface area contributed by atoms with Crippen LogP contribution in [0.15, 0.2) is 12.2 Å². The fraction of sp³-hybridized carbons (Fsp3) is 0.706. The summed E-state index contributed by atoms with van der Waals surface area (Å²) in [4.78, 5) is 34.4. The Hall–Kier alpha value is -2.05. The van der Waals surface area contributed by atoms with Gasteiger partial charge in [-0.15, -0.1) is 0 Å². The van der Waals surface area contributed by atoms with E-state index in [4.69, 9.17) is 9.47 Å². The van der Waals surface area contributed by atoms with E-state index in [0.29, 0.717) is 0 Å². The van der Waals surface area contributed by atoms with Gasteiger partial charge in [0.15, 0.2) is 0 Å². The summed E-state index contributed by atoms with van der Waals surface area (Å²) < 4.78 is 14.8. The van der Waals surface area contributed by atoms with Crippen LogP contribution in [0, 0.1) is 5.92 Å². The van der Waals surface area contributed by atoms with E-state index < -0.39 is 18.0 Å². The van der Waals surface area contributed by atoms with Crippen molar-refractivity contribution in [1.29, 1.82) is 0 Å². The second kappa shape index (κ2) is 10.7. The van der Waals surface area contributed by atoms with Crippen molar-refractivity contribution in [2.75, 3.05) is 13.7 Å². The Kier molecular flexibility index (Phi) is 8.89. The first-order valence-corrected chi connectivity index (χ1v) is 8.32. The molecule has 7 nitrogen and oxygen atoms in total.